The van der Waals surface area contributed by atoms with E-state index in [4.69, 9.17) is 0 Å². The number of ether oxygens (including phenoxy) is 1. The van der Waals surface area contributed by atoms with E-state index in [9.17, 15) is 22.8 Å². The van der Waals surface area contributed by atoms with Crippen molar-refractivity contribution in [2.45, 2.75) is 13.3 Å². The van der Waals surface area contributed by atoms with Crippen molar-refractivity contribution in [2.24, 2.45) is 0 Å². The predicted octanol–water partition coefficient (Wildman–Crippen LogP) is 1.99. The van der Waals surface area contributed by atoms with Gasteiger partial charge < -0.3 is 20.3 Å². The molecule has 1 atom stereocenters. The molecule has 0 radical (unpaired) electrons. The van der Waals surface area contributed by atoms with Gasteiger partial charge in [-0.05, 0) is 42.8 Å². The number of alkyl halides is 3. The number of anilines is 2. The zero-order valence-electron chi connectivity index (χ0n) is 15.4. The number of rotatable bonds is 7. The minimum absolute atomic E-state index is 0.0159. The van der Waals surface area contributed by atoms with Crippen LogP contribution < -0.4 is 20.3 Å². The number of nitrogens with one attached hydrogen (secondary N) is 3. The Balaban J connectivity index is 1.80. The molecule has 0 saturated heterocycles. The minimum Gasteiger partial charge on any atom is -0.406 e. The van der Waals surface area contributed by atoms with E-state index in [1.165, 1.54) is 12.1 Å². The molecule has 0 fully saturated rings. The molecule has 0 heterocycles. The molecule has 2 aromatic rings. The fourth-order valence-corrected chi connectivity index (χ4v) is 2.46. The molecule has 0 spiro atoms. The second-order valence-corrected chi connectivity index (χ2v) is 6.29. The number of amides is 2. The number of likely N-dealkylation sites (N-methyl/N-ethyl adjacent to an activating group) is 1. The first-order valence-corrected chi connectivity index (χ1v) is 8.45. The summed E-state index contributed by atoms with van der Waals surface area (Å²) >= 11 is 0. The van der Waals surface area contributed by atoms with Crippen LogP contribution in [0.3, 0.4) is 0 Å². The Hall–Kier alpha value is -3.07. The Morgan fingerprint density at radius 3 is 2.11 bits per heavy atom. The number of para-hydroxylation sites is 1. The van der Waals surface area contributed by atoms with Crippen molar-refractivity contribution in [3.63, 3.8) is 0 Å². The van der Waals surface area contributed by atoms with Crippen LogP contribution >= 0.6 is 0 Å². The molecule has 2 aromatic carbocycles. The first-order valence-electron chi connectivity index (χ1n) is 8.45. The Bertz CT molecular complexity index is 823. The summed E-state index contributed by atoms with van der Waals surface area (Å²) in [5.74, 6) is -0.972. The molecule has 0 aliphatic carbocycles. The van der Waals surface area contributed by atoms with Crippen LogP contribution in [0.1, 0.15) is 5.56 Å². The summed E-state index contributed by atoms with van der Waals surface area (Å²) in [7, 11) is 1.69. The lowest BCUT2D eigenvalue weighted by Gasteiger charge is -2.14. The van der Waals surface area contributed by atoms with Gasteiger partial charge >= 0.3 is 6.36 Å². The fraction of sp³-hybridized carbons (Fsp3) is 0.263. The molecule has 6 nitrogen and oxygen atoms in total. The monoisotopic (exact) mass is 396 g/mol. The lowest BCUT2D eigenvalue weighted by Crippen LogP contribution is -3.11. The summed E-state index contributed by atoms with van der Waals surface area (Å²) in [6, 6.07) is 12.2. The number of hydrogen-bond donors (Lipinski definition) is 3. The van der Waals surface area contributed by atoms with Crippen LogP contribution in [0.25, 0.3) is 0 Å². The van der Waals surface area contributed by atoms with Crippen LogP contribution in [-0.4, -0.2) is 38.3 Å². The molecule has 0 saturated carbocycles. The molecule has 1 unspecified atom stereocenters. The zero-order chi connectivity index (χ0) is 20.7. The summed E-state index contributed by atoms with van der Waals surface area (Å²) in [6.07, 6.45) is -4.77. The van der Waals surface area contributed by atoms with Crippen molar-refractivity contribution in [3.05, 3.63) is 54.1 Å². The van der Waals surface area contributed by atoms with Crippen LogP contribution in [0.15, 0.2) is 48.5 Å². The van der Waals surface area contributed by atoms with Gasteiger partial charge in [0, 0.05) is 11.4 Å². The number of benzene rings is 2. The Morgan fingerprint density at radius 1 is 0.964 bits per heavy atom. The van der Waals surface area contributed by atoms with Crippen molar-refractivity contribution >= 4 is 23.2 Å². The van der Waals surface area contributed by atoms with E-state index >= 15 is 0 Å². The van der Waals surface area contributed by atoms with Crippen molar-refractivity contribution in [1.82, 2.24) is 0 Å². The van der Waals surface area contributed by atoms with Crippen LogP contribution in [0.4, 0.5) is 24.5 Å². The van der Waals surface area contributed by atoms with Crippen molar-refractivity contribution in [1.29, 1.82) is 0 Å². The van der Waals surface area contributed by atoms with Gasteiger partial charge in [-0.1, -0.05) is 18.2 Å². The second kappa shape index (κ2) is 9.23. The van der Waals surface area contributed by atoms with Gasteiger partial charge in [-0.3, -0.25) is 9.59 Å². The molecule has 3 N–H and O–H groups in total. The Morgan fingerprint density at radius 2 is 1.54 bits per heavy atom. The van der Waals surface area contributed by atoms with E-state index in [0.717, 1.165) is 17.7 Å². The summed E-state index contributed by atoms with van der Waals surface area (Å²) in [5, 5.41) is 5.36. The topological polar surface area (TPSA) is 71.9 Å². The van der Waals surface area contributed by atoms with Crippen LogP contribution in [-0.2, 0) is 9.59 Å². The van der Waals surface area contributed by atoms with Gasteiger partial charge in [-0.2, -0.15) is 0 Å². The van der Waals surface area contributed by atoms with Gasteiger partial charge in [-0.15, -0.1) is 13.2 Å². The molecule has 28 heavy (non-hydrogen) atoms. The molecule has 0 aromatic heterocycles. The summed E-state index contributed by atoms with van der Waals surface area (Å²) in [4.78, 5) is 24.8. The van der Waals surface area contributed by atoms with Crippen molar-refractivity contribution in [3.8, 4) is 5.75 Å². The fourth-order valence-electron chi connectivity index (χ4n) is 2.46. The molecular formula is C19H21F3N3O3+. The Labute approximate surface area is 160 Å². The maximum Gasteiger partial charge on any atom is 0.573 e. The summed E-state index contributed by atoms with van der Waals surface area (Å²) < 4.78 is 40.2. The molecular weight excluding hydrogens is 375 g/mol. The molecule has 0 bridgehead atoms. The predicted molar refractivity (Wildman–Crippen MR) is 98.2 cm³/mol. The quantitative estimate of drug-likeness (QED) is 0.670. The average Bonchev–Trinajstić information content (AvgIpc) is 2.57. The highest BCUT2D eigenvalue weighted by atomic mass is 19.4. The van der Waals surface area contributed by atoms with Crippen molar-refractivity contribution in [2.75, 3.05) is 30.8 Å². The SMILES string of the molecule is Cc1ccccc1NC(=O)C[NH+](C)CC(=O)Nc1ccc(OC(F)(F)F)cc1. The highest BCUT2D eigenvalue weighted by Gasteiger charge is 2.31. The van der Waals surface area contributed by atoms with E-state index in [0.29, 0.717) is 16.3 Å². The molecule has 150 valence electrons. The maximum atomic E-state index is 12.1. The van der Waals surface area contributed by atoms with E-state index in [2.05, 4.69) is 15.4 Å². The van der Waals surface area contributed by atoms with Crippen LogP contribution in [0.2, 0.25) is 0 Å². The zero-order valence-corrected chi connectivity index (χ0v) is 15.4. The van der Waals surface area contributed by atoms with E-state index < -0.39 is 6.36 Å². The number of aryl methyl sites for hydroxylation is 1. The van der Waals surface area contributed by atoms with E-state index in [1.807, 2.05) is 25.1 Å². The minimum atomic E-state index is -4.77. The summed E-state index contributed by atoms with van der Waals surface area (Å²) in [6.45, 7) is 1.98. The average molecular weight is 396 g/mol. The standard InChI is InChI=1S/C19H20F3N3O3/c1-13-5-3-4-6-16(13)24-18(27)12-25(2)11-17(26)23-14-7-9-15(10-8-14)28-19(20,21)22/h3-10H,11-12H2,1-2H3,(H,23,26)(H,24,27)/p+1. The lowest BCUT2D eigenvalue weighted by atomic mass is 10.2. The van der Waals surface area contributed by atoms with Gasteiger partial charge in [0.15, 0.2) is 13.1 Å². The van der Waals surface area contributed by atoms with Gasteiger partial charge in [0.25, 0.3) is 11.8 Å². The number of carbonyl (C=O) groups is 2. The highest BCUT2D eigenvalue weighted by molar-refractivity contribution is 5.93. The largest absolute Gasteiger partial charge is 0.573 e. The normalized spacial score (nSPS) is 12.2. The molecule has 0 aliphatic rings. The Kier molecular flexibility index (Phi) is 7.00. The van der Waals surface area contributed by atoms with Crippen LogP contribution in [0.5, 0.6) is 5.75 Å². The molecule has 2 rings (SSSR count). The molecule has 9 heteroatoms. The first kappa shape index (κ1) is 21.2. The third-order valence-electron chi connectivity index (χ3n) is 3.72. The van der Waals surface area contributed by atoms with E-state index in [-0.39, 0.29) is 30.7 Å². The molecule has 0 aliphatic heterocycles. The lowest BCUT2D eigenvalue weighted by molar-refractivity contribution is -0.862. The van der Waals surface area contributed by atoms with Gasteiger partial charge in [0.2, 0.25) is 0 Å². The third kappa shape index (κ3) is 7.28. The number of quaternary nitrogens is 1. The van der Waals surface area contributed by atoms with Gasteiger partial charge in [-0.25, -0.2) is 0 Å². The number of carbonyl (C=O) groups excluding carboxylic acids is 2. The van der Waals surface area contributed by atoms with Crippen molar-refractivity contribution < 1.29 is 32.4 Å². The van der Waals surface area contributed by atoms with Crippen LogP contribution in [0, 0.1) is 6.92 Å². The van der Waals surface area contributed by atoms with Gasteiger partial charge in [0.05, 0.1) is 7.05 Å². The second-order valence-electron chi connectivity index (χ2n) is 6.29. The highest BCUT2D eigenvalue weighted by Crippen LogP contribution is 2.23. The smallest absolute Gasteiger partial charge is 0.406 e. The third-order valence-corrected chi connectivity index (χ3v) is 3.72. The maximum absolute atomic E-state index is 12.1. The number of hydrogen-bond acceptors (Lipinski definition) is 3. The van der Waals surface area contributed by atoms with Gasteiger partial charge in [0.1, 0.15) is 5.75 Å². The number of halogens is 3. The summed E-state index contributed by atoms with van der Waals surface area (Å²) in [5.41, 5.74) is 1.98. The van der Waals surface area contributed by atoms with E-state index in [1.54, 1.807) is 13.1 Å². The molecule has 2 amide bonds. The first-order chi connectivity index (χ1) is 13.1.